The Morgan fingerprint density at radius 1 is 1.46 bits per heavy atom. The zero-order chi connectivity index (χ0) is 9.42. The van der Waals surface area contributed by atoms with Gasteiger partial charge in [0.05, 0.1) is 10.9 Å². The molecule has 0 bridgehead atoms. The quantitative estimate of drug-likeness (QED) is 0.764. The van der Waals surface area contributed by atoms with Gasteiger partial charge in [0.15, 0.2) is 0 Å². The molecule has 0 aliphatic carbocycles. The Morgan fingerprint density at radius 2 is 2.23 bits per heavy atom. The predicted octanol–water partition coefficient (Wildman–Crippen LogP) is 1.99. The van der Waals surface area contributed by atoms with Gasteiger partial charge >= 0.3 is 0 Å². The van der Waals surface area contributed by atoms with Crippen LogP contribution in [0, 0.1) is 6.92 Å². The molecule has 1 aromatic carbocycles. The number of hydrogen-bond acceptors (Lipinski definition) is 2. The van der Waals surface area contributed by atoms with E-state index in [0.29, 0.717) is 11.2 Å². The molecule has 0 aliphatic rings. The van der Waals surface area contributed by atoms with E-state index in [4.69, 9.17) is 0 Å². The number of nitrogens with zero attached hydrogens (tertiary/aromatic N) is 1. The molecule has 0 spiro atoms. The summed E-state index contributed by atoms with van der Waals surface area (Å²) in [7, 11) is 0. The van der Waals surface area contributed by atoms with Crippen LogP contribution in [-0.4, -0.2) is 9.97 Å². The molecular formula is C9H7BrN2O. The molecule has 0 atom stereocenters. The lowest BCUT2D eigenvalue weighted by atomic mass is 10.2. The van der Waals surface area contributed by atoms with Crippen LogP contribution in [0.1, 0.15) is 5.82 Å². The van der Waals surface area contributed by atoms with E-state index in [2.05, 4.69) is 25.9 Å². The van der Waals surface area contributed by atoms with E-state index >= 15 is 0 Å². The van der Waals surface area contributed by atoms with Crippen molar-refractivity contribution in [2.75, 3.05) is 0 Å². The van der Waals surface area contributed by atoms with Crippen LogP contribution in [0.3, 0.4) is 0 Å². The fourth-order valence-electron chi connectivity index (χ4n) is 1.23. The average molecular weight is 239 g/mol. The SMILES string of the molecule is Cc1nc2cc(Br)ccc2c(=O)[nH]1. The van der Waals surface area contributed by atoms with Crippen molar-refractivity contribution in [2.45, 2.75) is 6.92 Å². The van der Waals surface area contributed by atoms with Crippen LogP contribution < -0.4 is 5.56 Å². The van der Waals surface area contributed by atoms with Crippen molar-refractivity contribution < 1.29 is 0 Å². The number of aryl methyl sites for hydroxylation is 1. The monoisotopic (exact) mass is 238 g/mol. The smallest absolute Gasteiger partial charge is 0.258 e. The second-order valence-corrected chi connectivity index (χ2v) is 3.73. The summed E-state index contributed by atoms with van der Waals surface area (Å²) >= 11 is 3.33. The summed E-state index contributed by atoms with van der Waals surface area (Å²) in [5.74, 6) is 0.635. The summed E-state index contributed by atoms with van der Waals surface area (Å²) in [5, 5.41) is 0.619. The highest BCUT2D eigenvalue weighted by atomic mass is 79.9. The Kier molecular flexibility index (Phi) is 1.92. The molecule has 0 saturated carbocycles. The normalized spacial score (nSPS) is 10.6. The number of rotatable bonds is 0. The highest BCUT2D eigenvalue weighted by Crippen LogP contribution is 2.14. The minimum absolute atomic E-state index is 0.0880. The second kappa shape index (κ2) is 2.96. The van der Waals surface area contributed by atoms with Crippen LogP contribution >= 0.6 is 15.9 Å². The molecule has 2 aromatic rings. The van der Waals surface area contributed by atoms with Crippen LogP contribution in [0.4, 0.5) is 0 Å². The summed E-state index contributed by atoms with van der Waals surface area (Å²) in [6, 6.07) is 5.41. The number of benzene rings is 1. The van der Waals surface area contributed by atoms with E-state index in [1.54, 1.807) is 13.0 Å². The van der Waals surface area contributed by atoms with E-state index in [1.807, 2.05) is 12.1 Å². The first-order chi connectivity index (χ1) is 6.16. The zero-order valence-electron chi connectivity index (χ0n) is 6.97. The van der Waals surface area contributed by atoms with Gasteiger partial charge in [-0.15, -0.1) is 0 Å². The summed E-state index contributed by atoms with van der Waals surface area (Å²) in [4.78, 5) is 18.3. The van der Waals surface area contributed by atoms with E-state index < -0.39 is 0 Å². The van der Waals surface area contributed by atoms with Gasteiger partial charge in [0, 0.05) is 4.47 Å². The third kappa shape index (κ3) is 1.49. The molecule has 1 heterocycles. The van der Waals surface area contributed by atoms with Gasteiger partial charge in [-0.1, -0.05) is 15.9 Å². The van der Waals surface area contributed by atoms with Crippen molar-refractivity contribution in [2.24, 2.45) is 0 Å². The average Bonchev–Trinajstić information content (AvgIpc) is 2.02. The van der Waals surface area contributed by atoms with Gasteiger partial charge in [0.2, 0.25) is 0 Å². The lowest BCUT2D eigenvalue weighted by Gasteiger charge is -1.98. The molecule has 0 amide bonds. The Morgan fingerprint density at radius 3 is 3.00 bits per heavy atom. The van der Waals surface area contributed by atoms with Crippen molar-refractivity contribution in [3.63, 3.8) is 0 Å². The first-order valence-corrected chi connectivity index (χ1v) is 4.62. The second-order valence-electron chi connectivity index (χ2n) is 2.81. The summed E-state index contributed by atoms with van der Waals surface area (Å²) < 4.78 is 0.928. The summed E-state index contributed by atoms with van der Waals surface area (Å²) in [5.41, 5.74) is 0.630. The molecule has 0 radical (unpaired) electrons. The largest absolute Gasteiger partial charge is 0.310 e. The van der Waals surface area contributed by atoms with E-state index in [1.165, 1.54) is 0 Å². The maximum absolute atomic E-state index is 11.4. The maximum Gasteiger partial charge on any atom is 0.258 e. The Labute approximate surface area is 82.9 Å². The topological polar surface area (TPSA) is 45.8 Å². The minimum atomic E-state index is -0.0880. The fraction of sp³-hybridized carbons (Fsp3) is 0.111. The number of fused-ring (bicyclic) bond motifs is 1. The third-order valence-electron chi connectivity index (χ3n) is 1.79. The Hall–Kier alpha value is -1.16. The van der Waals surface area contributed by atoms with Crippen LogP contribution in [0.15, 0.2) is 27.5 Å². The van der Waals surface area contributed by atoms with Gasteiger partial charge in [-0.25, -0.2) is 4.98 Å². The molecule has 1 aromatic heterocycles. The van der Waals surface area contributed by atoms with Crippen LogP contribution in [0.5, 0.6) is 0 Å². The molecule has 0 fully saturated rings. The van der Waals surface area contributed by atoms with Gasteiger partial charge in [-0.3, -0.25) is 4.79 Å². The molecule has 2 rings (SSSR count). The van der Waals surface area contributed by atoms with Crippen molar-refractivity contribution >= 4 is 26.8 Å². The molecule has 13 heavy (non-hydrogen) atoms. The molecule has 1 N–H and O–H groups in total. The van der Waals surface area contributed by atoms with E-state index in [0.717, 1.165) is 9.99 Å². The van der Waals surface area contributed by atoms with Gasteiger partial charge in [0.25, 0.3) is 5.56 Å². The lowest BCUT2D eigenvalue weighted by molar-refractivity contribution is 1.06. The van der Waals surface area contributed by atoms with Crippen LogP contribution in [0.25, 0.3) is 10.9 Å². The number of aromatic nitrogens is 2. The van der Waals surface area contributed by atoms with E-state index in [9.17, 15) is 4.79 Å². The van der Waals surface area contributed by atoms with E-state index in [-0.39, 0.29) is 5.56 Å². The first-order valence-electron chi connectivity index (χ1n) is 3.83. The predicted molar refractivity (Wildman–Crippen MR) is 54.8 cm³/mol. The number of halogens is 1. The minimum Gasteiger partial charge on any atom is -0.310 e. The van der Waals surface area contributed by atoms with Crippen molar-refractivity contribution in [1.29, 1.82) is 0 Å². The van der Waals surface area contributed by atoms with Crippen molar-refractivity contribution in [3.8, 4) is 0 Å². The van der Waals surface area contributed by atoms with Crippen molar-refractivity contribution in [3.05, 3.63) is 38.9 Å². The van der Waals surface area contributed by atoms with Gasteiger partial charge < -0.3 is 4.98 Å². The van der Waals surface area contributed by atoms with Gasteiger partial charge in [0.1, 0.15) is 5.82 Å². The molecule has 4 heteroatoms. The standard InChI is InChI=1S/C9H7BrN2O/c1-5-11-8-4-6(10)2-3-7(8)9(13)12-5/h2-4H,1H3,(H,11,12,13). The summed E-state index contributed by atoms with van der Waals surface area (Å²) in [6.07, 6.45) is 0. The number of nitrogens with one attached hydrogen (secondary N) is 1. The number of hydrogen-bond donors (Lipinski definition) is 1. The molecule has 0 aliphatic heterocycles. The maximum atomic E-state index is 11.4. The van der Waals surface area contributed by atoms with Crippen LogP contribution in [0.2, 0.25) is 0 Å². The van der Waals surface area contributed by atoms with Gasteiger partial charge in [-0.2, -0.15) is 0 Å². The lowest BCUT2D eigenvalue weighted by Crippen LogP contribution is -2.09. The highest BCUT2D eigenvalue weighted by molar-refractivity contribution is 9.10. The molecule has 0 unspecified atom stereocenters. The third-order valence-corrected chi connectivity index (χ3v) is 2.28. The number of H-pyrrole nitrogens is 1. The molecular weight excluding hydrogens is 232 g/mol. The highest BCUT2D eigenvalue weighted by Gasteiger charge is 2.00. The molecule has 3 nitrogen and oxygen atoms in total. The zero-order valence-corrected chi connectivity index (χ0v) is 8.55. The summed E-state index contributed by atoms with van der Waals surface area (Å²) in [6.45, 7) is 1.77. The van der Waals surface area contributed by atoms with Crippen LogP contribution in [-0.2, 0) is 0 Å². The first kappa shape index (κ1) is 8.44. The number of aromatic amines is 1. The van der Waals surface area contributed by atoms with Gasteiger partial charge in [-0.05, 0) is 25.1 Å². The van der Waals surface area contributed by atoms with Crippen molar-refractivity contribution in [1.82, 2.24) is 9.97 Å². The fourth-order valence-corrected chi connectivity index (χ4v) is 1.58. The molecule has 66 valence electrons. The Bertz CT molecular complexity index is 513. The Balaban J connectivity index is 2.95. The molecule has 0 saturated heterocycles.